The summed E-state index contributed by atoms with van der Waals surface area (Å²) < 4.78 is 11.1. The maximum Gasteiger partial charge on any atom is 0.321 e. The number of piperazine rings is 1. The molecule has 2 aromatic rings. The maximum absolute atomic E-state index is 12.6. The van der Waals surface area contributed by atoms with E-state index in [1.807, 2.05) is 36.4 Å². The molecule has 8 nitrogen and oxygen atoms in total. The Morgan fingerprint density at radius 2 is 1.59 bits per heavy atom. The van der Waals surface area contributed by atoms with E-state index in [2.05, 4.69) is 15.5 Å². The summed E-state index contributed by atoms with van der Waals surface area (Å²) in [6.07, 6.45) is 0. The third-order valence-electron chi connectivity index (χ3n) is 4.89. The minimum absolute atomic E-state index is 0.0946. The first-order valence-electron chi connectivity index (χ1n) is 9.67. The van der Waals surface area contributed by atoms with Crippen LogP contribution in [-0.4, -0.2) is 56.2 Å². The molecule has 0 aromatic heterocycles. The zero-order valence-electron chi connectivity index (χ0n) is 16.3. The van der Waals surface area contributed by atoms with Crippen LogP contribution in [0.3, 0.4) is 0 Å². The van der Waals surface area contributed by atoms with Crippen LogP contribution in [0.4, 0.5) is 21.9 Å². The lowest BCUT2D eigenvalue weighted by Gasteiger charge is -2.36. The first-order valence-corrected chi connectivity index (χ1v) is 9.67. The fourth-order valence-electron chi connectivity index (χ4n) is 3.48. The van der Waals surface area contributed by atoms with Crippen molar-refractivity contribution in [1.82, 2.24) is 4.90 Å². The highest BCUT2D eigenvalue weighted by Gasteiger charge is 2.22. The number of hydrogen-bond acceptors (Lipinski definition) is 5. The highest BCUT2D eigenvalue weighted by Crippen LogP contribution is 2.32. The molecule has 1 fully saturated rings. The van der Waals surface area contributed by atoms with E-state index in [1.54, 1.807) is 11.0 Å². The van der Waals surface area contributed by atoms with Gasteiger partial charge in [-0.15, -0.1) is 0 Å². The highest BCUT2D eigenvalue weighted by atomic mass is 16.6. The van der Waals surface area contributed by atoms with Crippen LogP contribution in [0.25, 0.3) is 0 Å². The topological polar surface area (TPSA) is 83.1 Å². The number of anilines is 3. The highest BCUT2D eigenvalue weighted by molar-refractivity contribution is 5.90. The first kappa shape index (κ1) is 18.9. The van der Waals surface area contributed by atoms with Gasteiger partial charge in [0.15, 0.2) is 11.5 Å². The second-order valence-corrected chi connectivity index (χ2v) is 6.99. The molecule has 1 saturated heterocycles. The molecular formula is C21H24N4O4. The molecule has 152 valence electrons. The Hall–Kier alpha value is -3.42. The van der Waals surface area contributed by atoms with E-state index in [0.29, 0.717) is 43.5 Å². The lowest BCUT2D eigenvalue weighted by Crippen LogP contribution is -2.50. The number of ether oxygens (including phenoxy) is 2. The summed E-state index contributed by atoms with van der Waals surface area (Å²) in [5, 5.41) is 5.73. The summed E-state index contributed by atoms with van der Waals surface area (Å²) in [6, 6.07) is 13.0. The molecule has 29 heavy (non-hydrogen) atoms. The standard InChI is InChI=1S/C21H24N4O4/c1-15(26)22-16-3-2-4-18(13-16)24-7-9-25(10-8-24)21(27)23-17-5-6-19-20(14-17)29-12-11-28-19/h2-6,13-14H,7-12H2,1H3,(H,22,26)(H,23,27). The van der Waals surface area contributed by atoms with E-state index >= 15 is 0 Å². The monoisotopic (exact) mass is 396 g/mol. The second kappa shape index (κ2) is 8.30. The summed E-state index contributed by atoms with van der Waals surface area (Å²) in [5.41, 5.74) is 2.49. The number of rotatable bonds is 3. The van der Waals surface area contributed by atoms with Crippen molar-refractivity contribution >= 4 is 29.0 Å². The third kappa shape index (κ3) is 4.53. The molecule has 2 aliphatic heterocycles. The number of urea groups is 1. The molecule has 0 atom stereocenters. The molecule has 0 unspecified atom stereocenters. The van der Waals surface area contributed by atoms with Crippen molar-refractivity contribution < 1.29 is 19.1 Å². The van der Waals surface area contributed by atoms with Gasteiger partial charge < -0.3 is 29.9 Å². The van der Waals surface area contributed by atoms with Crippen LogP contribution in [0.1, 0.15) is 6.92 Å². The van der Waals surface area contributed by atoms with E-state index in [1.165, 1.54) is 6.92 Å². The summed E-state index contributed by atoms with van der Waals surface area (Å²) in [6.45, 7) is 5.20. The Morgan fingerprint density at radius 1 is 0.862 bits per heavy atom. The Balaban J connectivity index is 1.33. The molecule has 0 saturated carbocycles. The Bertz CT molecular complexity index is 909. The average molecular weight is 396 g/mol. The average Bonchev–Trinajstić information content (AvgIpc) is 2.73. The van der Waals surface area contributed by atoms with E-state index in [4.69, 9.17) is 9.47 Å². The quantitative estimate of drug-likeness (QED) is 0.834. The van der Waals surface area contributed by atoms with Crippen molar-refractivity contribution in [3.05, 3.63) is 42.5 Å². The van der Waals surface area contributed by atoms with Crippen molar-refractivity contribution in [3.63, 3.8) is 0 Å². The van der Waals surface area contributed by atoms with Gasteiger partial charge in [0.05, 0.1) is 0 Å². The number of nitrogens with zero attached hydrogens (tertiary/aromatic N) is 2. The number of hydrogen-bond donors (Lipinski definition) is 2. The van der Waals surface area contributed by atoms with Crippen molar-refractivity contribution in [2.24, 2.45) is 0 Å². The van der Waals surface area contributed by atoms with Gasteiger partial charge in [0.25, 0.3) is 0 Å². The fraction of sp³-hybridized carbons (Fsp3) is 0.333. The summed E-state index contributed by atoms with van der Waals surface area (Å²) in [5.74, 6) is 1.25. The Morgan fingerprint density at radius 3 is 2.34 bits per heavy atom. The van der Waals surface area contributed by atoms with Crippen molar-refractivity contribution in [1.29, 1.82) is 0 Å². The minimum atomic E-state index is -0.131. The molecule has 3 amide bonds. The second-order valence-electron chi connectivity index (χ2n) is 6.99. The van der Waals surface area contributed by atoms with Crippen LogP contribution >= 0.6 is 0 Å². The van der Waals surface area contributed by atoms with Crippen molar-refractivity contribution in [2.75, 3.05) is 54.9 Å². The largest absolute Gasteiger partial charge is 0.486 e. The summed E-state index contributed by atoms with van der Waals surface area (Å²) in [4.78, 5) is 27.9. The van der Waals surface area contributed by atoms with Gasteiger partial charge in [0.2, 0.25) is 5.91 Å². The SMILES string of the molecule is CC(=O)Nc1cccc(N2CCN(C(=O)Nc3ccc4c(c3)OCCO4)CC2)c1. The predicted molar refractivity (Wildman–Crippen MR) is 111 cm³/mol. The summed E-state index contributed by atoms with van der Waals surface area (Å²) in [7, 11) is 0. The first-order chi connectivity index (χ1) is 14.1. The minimum Gasteiger partial charge on any atom is -0.486 e. The third-order valence-corrected chi connectivity index (χ3v) is 4.89. The molecule has 2 N–H and O–H groups in total. The molecule has 2 aromatic carbocycles. The van der Waals surface area contributed by atoms with Gasteiger partial charge in [-0.3, -0.25) is 4.79 Å². The molecule has 0 radical (unpaired) electrons. The normalized spacial score (nSPS) is 15.6. The van der Waals surface area contributed by atoms with Crippen LogP contribution < -0.4 is 25.0 Å². The molecule has 4 rings (SSSR count). The lowest BCUT2D eigenvalue weighted by molar-refractivity contribution is -0.114. The van der Waals surface area contributed by atoms with Gasteiger partial charge in [0.1, 0.15) is 13.2 Å². The summed E-state index contributed by atoms with van der Waals surface area (Å²) >= 11 is 0. The van der Waals surface area contributed by atoms with Crippen LogP contribution in [0.5, 0.6) is 11.5 Å². The molecule has 0 bridgehead atoms. The Labute approximate surface area is 169 Å². The van der Waals surface area contributed by atoms with Crippen LogP contribution in [-0.2, 0) is 4.79 Å². The Kier molecular flexibility index (Phi) is 5.41. The van der Waals surface area contributed by atoms with Crippen molar-refractivity contribution in [2.45, 2.75) is 6.92 Å². The van der Waals surface area contributed by atoms with Gasteiger partial charge in [0, 0.05) is 56.2 Å². The molecule has 0 aliphatic carbocycles. The molecule has 2 aliphatic rings. The fourth-order valence-corrected chi connectivity index (χ4v) is 3.48. The van der Waals surface area contributed by atoms with Gasteiger partial charge in [-0.25, -0.2) is 4.79 Å². The van der Waals surface area contributed by atoms with E-state index in [9.17, 15) is 9.59 Å². The number of carbonyl (C=O) groups excluding carboxylic acids is 2. The number of amides is 3. The zero-order chi connectivity index (χ0) is 20.2. The lowest BCUT2D eigenvalue weighted by atomic mass is 10.2. The number of benzene rings is 2. The number of carbonyl (C=O) groups is 2. The molecule has 8 heteroatoms. The van der Waals surface area contributed by atoms with Crippen LogP contribution in [0.2, 0.25) is 0 Å². The van der Waals surface area contributed by atoms with Crippen LogP contribution in [0, 0.1) is 0 Å². The number of nitrogens with one attached hydrogen (secondary N) is 2. The van der Waals surface area contributed by atoms with Gasteiger partial charge in [-0.1, -0.05) is 6.07 Å². The van der Waals surface area contributed by atoms with E-state index in [0.717, 1.165) is 24.5 Å². The van der Waals surface area contributed by atoms with E-state index < -0.39 is 0 Å². The molecule has 2 heterocycles. The molecular weight excluding hydrogens is 372 g/mol. The zero-order valence-corrected chi connectivity index (χ0v) is 16.3. The molecule has 0 spiro atoms. The van der Waals surface area contributed by atoms with Crippen LogP contribution in [0.15, 0.2) is 42.5 Å². The van der Waals surface area contributed by atoms with Gasteiger partial charge in [-0.05, 0) is 30.3 Å². The van der Waals surface area contributed by atoms with Gasteiger partial charge >= 0.3 is 6.03 Å². The van der Waals surface area contributed by atoms with Gasteiger partial charge in [-0.2, -0.15) is 0 Å². The van der Waals surface area contributed by atoms with Crippen molar-refractivity contribution in [3.8, 4) is 11.5 Å². The maximum atomic E-state index is 12.6. The number of fused-ring (bicyclic) bond motifs is 1. The van der Waals surface area contributed by atoms with E-state index in [-0.39, 0.29) is 11.9 Å². The smallest absolute Gasteiger partial charge is 0.321 e. The predicted octanol–water partition coefficient (Wildman–Crippen LogP) is 2.77.